The molecule has 0 spiro atoms. The van der Waals surface area contributed by atoms with E-state index < -0.39 is 11.7 Å². The Hall–Kier alpha value is -3.36. The van der Waals surface area contributed by atoms with Gasteiger partial charge >= 0.3 is 12.2 Å². The summed E-state index contributed by atoms with van der Waals surface area (Å²) < 4.78 is 46.9. The van der Waals surface area contributed by atoms with Crippen molar-refractivity contribution < 1.29 is 22.7 Å². The van der Waals surface area contributed by atoms with E-state index in [9.17, 15) is 18.0 Å². The standard InChI is InChI=1S/C26H31F3N4O2/c1-4-5-6-7-11-23(34)30-21-12-14-22(15-13-21)33-24(31-25(32-33)35-17-18(2)3)19-9-8-10-20(16-19)26(27,28)29/h8-10,12-16,18H,4-7,11,17H2,1-3H3,(H,30,34). The average Bonchev–Trinajstić information content (AvgIpc) is 3.25. The molecule has 3 aromatic rings. The number of halogens is 3. The molecule has 1 N–H and O–H groups in total. The lowest BCUT2D eigenvalue weighted by Crippen LogP contribution is -2.11. The zero-order valence-electron chi connectivity index (χ0n) is 20.2. The maximum Gasteiger partial charge on any atom is 0.416 e. The number of hydrogen-bond acceptors (Lipinski definition) is 4. The van der Waals surface area contributed by atoms with Crippen LogP contribution in [-0.4, -0.2) is 27.3 Å². The predicted octanol–water partition coefficient (Wildman–Crippen LogP) is 6.90. The number of anilines is 1. The lowest BCUT2D eigenvalue weighted by Gasteiger charge is -2.10. The Morgan fingerprint density at radius 1 is 1.09 bits per heavy atom. The molecule has 0 aliphatic carbocycles. The number of benzene rings is 2. The summed E-state index contributed by atoms with van der Waals surface area (Å²) in [6, 6.07) is 11.9. The second-order valence-corrected chi connectivity index (χ2v) is 8.82. The average molecular weight is 489 g/mol. The van der Waals surface area contributed by atoms with Crippen LogP contribution in [0.15, 0.2) is 48.5 Å². The summed E-state index contributed by atoms with van der Waals surface area (Å²) in [5.41, 5.74) is 0.693. The van der Waals surface area contributed by atoms with Gasteiger partial charge in [-0.15, -0.1) is 5.10 Å². The molecule has 9 heteroatoms. The highest BCUT2D eigenvalue weighted by molar-refractivity contribution is 5.90. The van der Waals surface area contributed by atoms with E-state index in [0.717, 1.165) is 37.8 Å². The normalized spacial score (nSPS) is 11.6. The minimum atomic E-state index is -4.48. The first-order chi connectivity index (χ1) is 16.7. The number of nitrogens with one attached hydrogen (secondary N) is 1. The molecule has 6 nitrogen and oxygen atoms in total. The Morgan fingerprint density at radius 3 is 2.49 bits per heavy atom. The van der Waals surface area contributed by atoms with Gasteiger partial charge in [-0.3, -0.25) is 4.79 Å². The molecule has 0 saturated carbocycles. The molecular formula is C26H31F3N4O2. The second kappa shape index (κ2) is 11.9. The minimum Gasteiger partial charge on any atom is -0.462 e. The Morgan fingerprint density at radius 2 is 1.83 bits per heavy atom. The number of alkyl halides is 3. The van der Waals surface area contributed by atoms with Crippen LogP contribution in [0.1, 0.15) is 58.4 Å². The number of ether oxygens (including phenoxy) is 1. The zero-order chi connectivity index (χ0) is 25.4. The maximum atomic E-state index is 13.3. The molecule has 0 saturated heterocycles. The quantitative estimate of drug-likeness (QED) is 0.298. The highest BCUT2D eigenvalue weighted by Crippen LogP contribution is 2.33. The van der Waals surface area contributed by atoms with Gasteiger partial charge in [-0.2, -0.15) is 18.2 Å². The molecule has 35 heavy (non-hydrogen) atoms. The van der Waals surface area contributed by atoms with Gasteiger partial charge in [0.2, 0.25) is 5.91 Å². The van der Waals surface area contributed by atoms with Gasteiger partial charge < -0.3 is 10.1 Å². The van der Waals surface area contributed by atoms with Crippen molar-refractivity contribution in [1.82, 2.24) is 14.8 Å². The van der Waals surface area contributed by atoms with Crippen molar-refractivity contribution in [2.45, 2.75) is 59.1 Å². The van der Waals surface area contributed by atoms with Crippen molar-refractivity contribution in [3.8, 4) is 23.1 Å². The number of rotatable bonds is 11. The van der Waals surface area contributed by atoms with Crippen LogP contribution in [0, 0.1) is 5.92 Å². The molecule has 1 heterocycles. The number of carbonyl (C=O) groups excluding carboxylic acids is 1. The summed E-state index contributed by atoms with van der Waals surface area (Å²) in [5, 5.41) is 7.26. The SMILES string of the molecule is CCCCCCC(=O)Nc1ccc(-n2nc(OCC(C)C)nc2-c2cccc(C(F)(F)F)c2)cc1. The molecular weight excluding hydrogens is 457 g/mol. The summed E-state index contributed by atoms with van der Waals surface area (Å²) >= 11 is 0. The summed E-state index contributed by atoms with van der Waals surface area (Å²) in [4.78, 5) is 16.5. The Bertz CT molecular complexity index is 1110. The van der Waals surface area contributed by atoms with Gasteiger partial charge in [0.05, 0.1) is 17.9 Å². The topological polar surface area (TPSA) is 69.0 Å². The fraction of sp³-hybridized carbons (Fsp3) is 0.423. The van der Waals surface area contributed by atoms with Gasteiger partial charge in [0, 0.05) is 17.7 Å². The third kappa shape index (κ3) is 7.56. The molecule has 2 aromatic carbocycles. The van der Waals surface area contributed by atoms with E-state index in [1.807, 2.05) is 13.8 Å². The fourth-order valence-electron chi connectivity index (χ4n) is 3.42. The van der Waals surface area contributed by atoms with E-state index in [2.05, 4.69) is 22.3 Å². The highest BCUT2D eigenvalue weighted by atomic mass is 19.4. The third-order valence-corrected chi connectivity index (χ3v) is 5.23. The van der Waals surface area contributed by atoms with Crippen LogP contribution in [0.4, 0.5) is 18.9 Å². The van der Waals surface area contributed by atoms with E-state index in [1.165, 1.54) is 10.7 Å². The van der Waals surface area contributed by atoms with Crippen LogP contribution in [-0.2, 0) is 11.0 Å². The van der Waals surface area contributed by atoms with Crippen LogP contribution >= 0.6 is 0 Å². The summed E-state index contributed by atoms with van der Waals surface area (Å²) in [6.45, 7) is 6.44. The van der Waals surface area contributed by atoms with Gasteiger partial charge in [-0.1, -0.05) is 52.2 Å². The minimum absolute atomic E-state index is 0.0522. The van der Waals surface area contributed by atoms with Gasteiger partial charge in [0.25, 0.3) is 0 Å². The number of hydrogen-bond donors (Lipinski definition) is 1. The smallest absolute Gasteiger partial charge is 0.416 e. The molecule has 0 bridgehead atoms. The van der Waals surface area contributed by atoms with Crippen molar-refractivity contribution in [3.05, 3.63) is 54.1 Å². The van der Waals surface area contributed by atoms with Crippen molar-refractivity contribution in [2.75, 3.05) is 11.9 Å². The first-order valence-electron chi connectivity index (χ1n) is 11.8. The van der Waals surface area contributed by atoms with Gasteiger partial charge in [0.15, 0.2) is 5.82 Å². The molecule has 0 aliphatic heterocycles. The van der Waals surface area contributed by atoms with Gasteiger partial charge in [-0.05, 0) is 48.7 Å². The Balaban J connectivity index is 1.86. The predicted molar refractivity (Wildman–Crippen MR) is 130 cm³/mol. The second-order valence-electron chi connectivity index (χ2n) is 8.82. The molecule has 0 aliphatic rings. The van der Waals surface area contributed by atoms with Gasteiger partial charge in [0.1, 0.15) is 0 Å². The summed E-state index contributed by atoms with van der Waals surface area (Å²) in [5.74, 6) is 0.398. The fourth-order valence-corrected chi connectivity index (χ4v) is 3.42. The molecule has 0 radical (unpaired) electrons. The first-order valence-corrected chi connectivity index (χ1v) is 11.8. The number of nitrogens with zero attached hydrogens (tertiary/aromatic N) is 3. The molecule has 1 aromatic heterocycles. The van der Waals surface area contributed by atoms with E-state index >= 15 is 0 Å². The number of carbonyl (C=O) groups is 1. The highest BCUT2D eigenvalue weighted by Gasteiger charge is 2.31. The van der Waals surface area contributed by atoms with Crippen molar-refractivity contribution in [1.29, 1.82) is 0 Å². The van der Waals surface area contributed by atoms with E-state index in [0.29, 0.717) is 24.4 Å². The molecule has 0 atom stereocenters. The van der Waals surface area contributed by atoms with Crippen LogP contribution in [0.5, 0.6) is 6.01 Å². The number of aromatic nitrogens is 3. The molecule has 1 amide bonds. The lowest BCUT2D eigenvalue weighted by atomic mass is 10.1. The van der Waals surface area contributed by atoms with Crippen LogP contribution in [0.25, 0.3) is 17.1 Å². The van der Waals surface area contributed by atoms with E-state index in [1.54, 1.807) is 30.3 Å². The number of unbranched alkanes of at least 4 members (excludes halogenated alkanes) is 3. The third-order valence-electron chi connectivity index (χ3n) is 5.23. The van der Waals surface area contributed by atoms with Crippen molar-refractivity contribution in [2.24, 2.45) is 5.92 Å². The molecule has 3 rings (SSSR count). The van der Waals surface area contributed by atoms with Gasteiger partial charge in [-0.25, -0.2) is 4.68 Å². The monoisotopic (exact) mass is 488 g/mol. The summed E-state index contributed by atoms with van der Waals surface area (Å²) in [6.07, 6.45) is 0.0647. The van der Waals surface area contributed by atoms with Crippen LogP contribution < -0.4 is 10.1 Å². The number of amides is 1. The zero-order valence-corrected chi connectivity index (χ0v) is 20.2. The molecule has 0 fully saturated rings. The maximum absolute atomic E-state index is 13.3. The van der Waals surface area contributed by atoms with E-state index in [-0.39, 0.29) is 29.2 Å². The molecule has 0 unspecified atom stereocenters. The molecule has 188 valence electrons. The summed E-state index contributed by atoms with van der Waals surface area (Å²) in [7, 11) is 0. The largest absolute Gasteiger partial charge is 0.462 e. The van der Waals surface area contributed by atoms with Crippen LogP contribution in [0.3, 0.4) is 0 Å². The van der Waals surface area contributed by atoms with Crippen LogP contribution in [0.2, 0.25) is 0 Å². The Kier molecular flexibility index (Phi) is 8.89. The van der Waals surface area contributed by atoms with E-state index in [4.69, 9.17) is 4.74 Å². The lowest BCUT2D eigenvalue weighted by molar-refractivity contribution is -0.137. The first kappa shape index (κ1) is 26.2. The van der Waals surface area contributed by atoms with Crippen molar-refractivity contribution >= 4 is 11.6 Å². The van der Waals surface area contributed by atoms with Crippen molar-refractivity contribution in [3.63, 3.8) is 0 Å². The Labute approximate surface area is 203 Å².